The highest BCUT2D eigenvalue weighted by Gasteiger charge is 2.18. The van der Waals surface area contributed by atoms with Crippen LogP contribution in [0.4, 0.5) is 11.4 Å². The molecule has 0 radical (unpaired) electrons. The van der Waals surface area contributed by atoms with Crippen LogP contribution in [-0.2, 0) is 4.79 Å². The molecule has 5 heteroatoms. The molecule has 0 aromatic heterocycles. The van der Waals surface area contributed by atoms with Crippen molar-refractivity contribution in [1.82, 2.24) is 0 Å². The first kappa shape index (κ1) is 19.0. The zero-order valence-corrected chi connectivity index (χ0v) is 15.7. The monoisotopic (exact) mass is 372 g/mol. The topological polar surface area (TPSA) is 75.3 Å². The van der Waals surface area contributed by atoms with E-state index in [9.17, 15) is 14.4 Å². The highest BCUT2D eigenvalue weighted by molar-refractivity contribution is 6.17. The number of ketones is 1. The quantitative estimate of drug-likeness (QED) is 0.650. The first-order valence-electron chi connectivity index (χ1n) is 8.84. The van der Waals surface area contributed by atoms with Crippen LogP contribution in [0.5, 0.6) is 0 Å². The van der Waals surface area contributed by atoms with Crippen LogP contribution in [0.3, 0.4) is 0 Å². The minimum absolute atomic E-state index is 0.189. The summed E-state index contributed by atoms with van der Waals surface area (Å²) in [6.45, 7) is 3.23. The van der Waals surface area contributed by atoms with E-state index in [0.717, 1.165) is 5.56 Å². The second-order valence-corrected chi connectivity index (χ2v) is 6.35. The zero-order valence-electron chi connectivity index (χ0n) is 15.7. The predicted molar refractivity (Wildman–Crippen MR) is 110 cm³/mol. The van der Waals surface area contributed by atoms with E-state index in [-0.39, 0.29) is 17.6 Å². The molecular formula is C23H20N2O3. The van der Waals surface area contributed by atoms with Gasteiger partial charge in [0.15, 0.2) is 5.78 Å². The average molecular weight is 372 g/mol. The fourth-order valence-corrected chi connectivity index (χ4v) is 2.91. The number of anilines is 2. The van der Waals surface area contributed by atoms with E-state index in [1.807, 2.05) is 13.0 Å². The molecule has 2 amide bonds. The molecule has 0 bridgehead atoms. The highest BCUT2D eigenvalue weighted by Crippen LogP contribution is 2.24. The molecule has 0 saturated heterocycles. The summed E-state index contributed by atoms with van der Waals surface area (Å²) in [6, 6.07) is 20.8. The van der Waals surface area contributed by atoms with Gasteiger partial charge in [-0.1, -0.05) is 54.6 Å². The van der Waals surface area contributed by atoms with Gasteiger partial charge in [0, 0.05) is 29.4 Å². The van der Waals surface area contributed by atoms with Crippen LogP contribution < -0.4 is 10.6 Å². The second kappa shape index (κ2) is 8.31. The second-order valence-electron chi connectivity index (χ2n) is 6.35. The third kappa shape index (κ3) is 4.15. The zero-order chi connectivity index (χ0) is 20.1. The van der Waals surface area contributed by atoms with Gasteiger partial charge in [-0.05, 0) is 30.7 Å². The number of carbonyl (C=O) groups excluding carboxylic acids is 3. The Kier molecular flexibility index (Phi) is 5.65. The summed E-state index contributed by atoms with van der Waals surface area (Å²) in [6.07, 6.45) is 0. The van der Waals surface area contributed by atoms with Crippen LogP contribution in [-0.4, -0.2) is 17.6 Å². The van der Waals surface area contributed by atoms with Crippen molar-refractivity contribution in [2.75, 3.05) is 10.6 Å². The lowest BCUT2D eigenvalue weighted by molar-refractivity contribution is -0.114. The maximum atomic E-state index is 12.9. The van der Waals surface area contributed by atoms with Crippen molar-refractivity contribution < 1.29 is 14.4 Å². The van der Waals surface area contributed by atoms with Gasteiger partial charge in [-0.3, -0.25) is 14.4 Å². The van der Waals surface area contributed by atoms with Crippen LogP contribution in [0.2, 0.25) is 0 Å². The van der Waals surface area contributed by atoms with Gasteiger partial charge in [0.2, 0.25) is 5.91 Å². The van der Waals surface area contributed by atoms with E-state index in [1.165, 1.54) is 6.92 Å². The third-order valence-corrected chi connectivity index (χ3v) is 4.34. The molecule has 28 heavy (non-hydrogen) atoms. The lowest BCUT2D eigenvalue weighted by atomic mass is 9.98. The smallest absolute Gasteiger partial charge is 0.256 e. The lowest BCUT2D eigenvalue weighted by Crippen LogP contribution is -2.18. The van der Waals surface area contributed by atoms with Gasteiger partial charge in [0.1, 0.15) is 0 Å². The SMILES string of the molecule is CC(=O)Nc1cccc(NC(=O)c2ccccc2C(=O)c2ccccc2)c1C. The van der Waals surface area contributed by atoms with Gasteiger partial charge in [-0.15, -0.1) is 0 Å². The van der Waals surface area contributed by atoms with E-state index < -0.39 is 0 Å². The normalized spacial score (nSPS) is 10.2. The lowest BCUT2D eigenvalue weighted by Gasteiger charge is -2.14. The fraction of sp³-hybridized carbons (Fsp3) is 0.0870. The van der Waals surface area contributed by atoms with Crippen LogP contribution in [0.25, 0.3) is 0 Å². The Morgan fingerprint density at radius 1 is 0.679 bits per heavy atom. The minimum atomic E-state index is -0.386. The predicted octanol–water partition coefficient (Wildman–Crippen LogP) is 4.44. The Balaban J connectivity index is 1.91. The Morgan fingerprint density at radius 3 is 1.89 bits per heavy atom. The molecule has 0 heterocycles. The first-order valence-corrected chi connectivity index (χ1v) is 8.84. The number of nitrogens with one attached hydrogen (secondary N) is 2. The number of hydrogen-bond acceptors (Lipinski definition) is 3. The van der Waals surface area contributed by atoms with Gasteiger partial charge in [-0.2, -0.15) is 0 Å². The Morgan fingerprint density at radius 2 is 1.25 bits per heavy atom. The summed E-state index contributed by atoms with van der Waals surface area (Å²) in [5.74, 6) is -0.789. The maximum absolute atomic E-state index is 12.9. The summed E-state index contributed by atoms with van der Waals surface area (Å²) < 4.78 is 0. The van der Waals surface area contributed by atoms with Crippen molar-refractivity contribution in [2.45, 2.75) is 13.8 Å². The molecule has 0 saturated carbocycles. The molecule has 3 aromatic rings. The summed E-state index contributed by atoms with van der Waals surface area (Å²) in [7, 11) is 0. The first-order chi connectivity index (χ1) is 13.5. The van der Waals surface area contributed by atoms with Gasteiger partial charge in [0.05, 0.1) is 5.56 Å². The molecule has 3 rings (SSSR count). The van der Waals surface area contributed by atoms with Gasteiger partial charge in [-0.25, -0.2) is 0 Å². The molecule has 0 aliphatic carbocycles. The van der Waals surface area contributed by atoms with Crippen molar-refractivity contribution in [3.05, 3.63) is 95.1 Å². The van der Waals surface area contributed by atoms with E-state index in [1.54, 1.807) is 66.7 Å². The molecule has 3 aromatic carbocycles. The molecule has 0 spiro atoms. The van der Waals surface area contributed by atoms with Crippen molar-refractivity contribution >= 4 is 29.0 Å². The van der Waals surface area contributed by atoms with E-state index >= 15 is 0 Å². The van der Waals surface area contributed by atoms with Gasteiger partial charge < -0.3 is 10.6 Å². The fourth-order valence-electron chi connectivity index (χ4n) is 2.91. The van der Waals surface area contributed by atoms with Crippen LogP contribution in [0.15, 0.2) is 72.8 Å². The molecule has 0 atom stereocenters. The van der Waals surface area contributed by atoms with Gasteiger partial charge >= 0.3 is 0 Å². The third-order valence-electron chi connectivity index (χ3n) is 4.34. The molecule has 0 unspecified atom stereocenters. The van der Waals surface area contributed by atoms with Crippen LogP contribution in [0, 0.1) is 6.92 Å². The highest BCUT2D eigenvalue weighted by atomic mass is 16.2. The van der Waals surface area contributed by atoms with E-state index in [4.69, 9.17) is 0 Å². The maximum Gasteiger partial charge on any atom is 0.256 e. The summed E-state index contributed by atoms with van der Waals surface area (Å²) >= 11 is 0. The van der Waals surface area contributed by atoms with E-state index in [2.05, 4.69) is 10.6 Å². The van der Waals surface area contributed by atoms with E-state index in [0.29, 0.717) is 28.1 Å². The standard InChI is InChI=1S/C23H20N2O3/c1-15-20(24-16(2)26)13-8-14-21(15)25-23(28)19-12-7-6-11-18(19)22(27)17-9-4-3-5-10-17/h3-14H,1-2H3,(H,24,26)(H,25,28). The van der Waals surface area contributed by atoms with Crippen molar-refractivity contribution in [3.63, 3.8) is 0 Å². The Hall–Kier alpha value is -3.73. The molecule has 5 nitrogen and oxygen atoms in total. The van der Waals surface area contributed by atoms with Crippen LogP contribution in [0.1, 0.15) is 38.8 Å². The number of rotatable bonds is 5. The van der Waals surface area contributed by atoms with Crippen LogP contribution >= 0.6 is 0 Å². The van der Waals surface area contributed by atoms with Crippen molar-refractivity contribution in [3.8, 4) is 0 Å². The summed E-state index contributed by atoms with van der Waals surface area (Å²) in [5, 5.41) is 5.58. The summed E-state index contributed by atoms with van der Waals surface area (Å²) in [5.41, 5.74) is 3.07. The molecule has 0 aliphatic heterocycles. The molecule has 0 fully saturated rings. The molecular weight excluding hydrogens is 352 g/mol. The van der Waals surface area contributed by atoms with Gasteiger partial charge in [0.25, 0.3) is 5.91 Å². The minimum Gasteiger partial charge on any atom is -0.326 e. The molecule has 2 N–H and O–H groups in total. The summed E-state index contributed by atoms with van der Waals surface area (Å²) in [4.78, 5) is 37.1. The van der Waals surface area contributed by atoms with Crippen molar-refractivity contribution in [2.24, 2.45) is 0 Å². The number of hydrogen-bond donors (Lipinski definition) is 2. The Bertz CT molecular complexity index is 1040. The molecule has 140 valence electrons. The largest absolute Gasteiger partial charge is 0.326 e. The Labute approximate surface area is 163 Å². The number of carbonyl (C=O) groups is 3. The molecule has 0 aliphatic rings. The average Bonchev–Trinajstić information content (AvgIpc) is 2.70. The number of benzene rings is 3. The van der Waals surface area contributed by atoms with Crippen molar-refractivity contribution in [1.29, 1.82) is 0 Å². The number of amides is 2.